The highest BCUT2D eigenvalue weighted by molar-refractivity contribution is 6.53. The lowest BCUT2D eigenvalue weighted by molar-refractivity contribution is -0.144. The number of carbonyl (C=O) groups excluding carboxylic acids is 2. The first-order chi connectivity index (χ1) is 20.8. The van der Waals surface area contributed by atoms with Crippen LogP contribution in [0.15, 0.2) is 77.8 Å². The Kier molecular flexibility index (Phi) is 7.40. The van der Waals surface area contributed by atoms with Gasteiger partial charge >= 0.3 is 7.12 Å². The summed E-state index contributed by atoms with van der Waals surface area (Å²) in [6.45, 7) is 6.75. The number of fused-ring (bicyclic) bond motifs is 4. The van der Waals surface area contributed by atoms with Gasteiger partial charge in [-0.1, -0.05) is 80.1 Å². The van der Waals surface area contributed by atoms with Crippen molar-refractivity contribution in [3.63, 3.8) is 0 Å². The highest BCUT2D eigenvalue weighted by Crippen LogP contribution is 2.53. The van der Waals surface area contributed by atoms with Gasteiger partial charge in [-0.25, -0.2) is 0 Å². The topological polar surface area (TPSA) is 90.3 Å². The summed E-state index contributed by atoms with van der Waals surface area (Å²) in [5.74, 6) is -0.969. The number of phenols is 1. The van der Waals surface area contributed by atoms with Crippen LogP contribution in [0.25, 0.3) is 10.8 Å². The average molecular weight is 579 g/mol. The largest absolute Gasteiger partial charge is 0.507 e. The second-order valence-electron chi connectivity index (χ2n) is 13.0. The van der Waals surface area contributed by atoms with Crippen LogP contribution in [0.4, 0.5) is 0 Å². The molecule has 3 aliphatic heterocycles. The molecule has 4 aliphatic rings. The number of aromatic hydroxyl groups is 1. The van der Waals surface area contributed by atoms with E-state index in [0.29, 0.717) is 12.8 Å². The van der Waals surface area contributed by atoms with Crippen molar-refractivity contribution >= 4 is 29.7 Å². The minimum atomic E-state index is -1.15. The number of allylic oxidation sites excluding steroid dienone is 2. The van der Waals surface area contributed by atoms with Gasteiger partial charge in [0, 0.05) is 31.1 Å². The van der Waals surface area contributed by atoms with Crippen molar-refractivity contribution in [3.05, 3.63) is 88.9 Å². The van der Waals surface area contributed by atoms with Crippen LogP contribution < -0.4 is 0 Å². The van der Waals surface area contributed by atoms with Gasteiger partial charge in [0.05, 0.1) is 17.9 Å². The van der Waals surface area contributed by atoms with Gasteiger partial charge < -0.3 is 14.8 Å². The first-order valence-electron chi connectivity index (χ1n) is 15.7. The predicted octanol–water partition coefficient (Wildman–Crippen LogP) is 5.26. The van der Waals surface area contributed by atoms with E-state index < -0.39 is 25.1 Å². The molecule has 222 valence electrons. The van der Waals surface area contributed by atoms with Crippen LogP contribution in [0.2, 0.25) is 0 Å². The lowest BCUT2D eigenvalue weighted by Crippen LogP contribution is -2.48. The summed E-state index contributed by atoms with van der Waals surface area (Å²) < 4.78 is 6.29. The normalized spacial score (nSPS) is 26.9. The Labute approximate surface area is 253 Å². The molecule has 3 aromatic carbocycles. The highest BCUT2D eigenvalue weighted by Gasteiger charge is 2.59. The van der Waals surface area contributed by atoms with Crippen LogP contribution in [0.5, 0.6) is 5.75 Å². The fraction of sp³-hybridized carbons (Fsp3) is 0.429. The molecule has 2 amide bonds. The maximum atomic E-state index is 14.3. The van der Waals surface area contributed by atoms with E-state index in [-0.39, 0.29) is 35.4 Å². The van der Waals surface area contributed by atoms with E-state index in [1.54, 1.807) is 11.0 Å². The maximum absolute atomic E-state index is 14.3. The van der Waals surface area contributed by atoms with E-state index in [9.17, 15) is 19.7 Å². The molecule has 2 N–H and O–H groups in total. The first-order valence-corrected chi connectivity index (χ1v) is 15.7. The van der Waals surface area contributed by atoms with E-state index in [4.69, 9.17) is 4.65 Å². The molecule has 3 aromatic rings. The van der Waals surface area contributed by atoms with Crippen LogP contribution in [0, 0.1) is 23.7 Å². The number of hydrogen-bond donors (Lipinski definition) is 2. The summed E-state index contributed by atoms with van der Waals surface area (Å²) in [6, 6.07) is 21.5. The zero-order valence-corrected chi connectivity index (χ0v) is 24.9. The highest BCUT2D eigenvalue weighted by atomic mass is 16.5. The Morgan fingerprint density at radius 3 is 2.33 bits per heavy atom. The van der Waals surface area contributed by atoms with Crippen LogP contribution in [-0.4, -0.2) is 58.0 Å². The second kappa shape index (κ2) is 11.2. The number of rotatable bonds is 5. The van der Waals surface area contributed by atoms with E-state index >= 15 is 0 Å². The van der Waals surface area contributed by atoms with Gasteiger partial charge in [0.1, 0.15) is 5.75 Å². The molecule has 0 spiro atoms. The molecule has 7 nitrogen and oxygen atoms in total. The lowest BCUT2D eigenvalue weighted by Gasteiger charge is -2.43. The Morgan fingerprint density at radius 2 is 1.60 bits per heavy atom. The van der Waals surface area contributed by atoms with Crippen LogP contribution in [-0.2, 0) is 20.8 Å². The first kappa shape index (κ1) is 28.3. The van der Waals surface area contributed by atoms with E-state index in [0.717, 1.165) is 59.9 Å². The van der Waals surface area contributed by atoms with Crippen LogP contribution in [0.3, 0.4) is 0 Å². The van der Waals surface area contributed by atoms with Gasteiger partial charge in [-0.05, 0) is 65.6 Å². The van der Waals surface area contributed by atoms with Crippen molar-refractivity contribution in [3.8, 4) is 5.75 Å². The molecule has 3 heterocycles. The van der Waals surface area contributed by atoms with Crippen LogP contribution in [0.1, 0.15) is 56.8 Å². The minimum absolute atomic E-state index is 0.0404. The number of carbonyl (C=O) groups is 2. The maximum Gasteiger partial charge on any atom is 0.487 e. The number of benzene rings is 3. The number of imide groups is 1. The van der Waals surface area contributed by atoms with Crippen LogP contribution >= 0.6 is 0 Å². The van der Waals surface area contributed by atoms with Crippen molar-refractivity contribution < 1.29 is 24.4 Å². The second-order valence-corrected chi connectivity index (χ2v) is 13.0. The average Bonchev–Trinajstić information content (AvgIpc) is 3.27. The summed E-state index contributed by atoms with van der Waals surface area (Å²) >= 11 is 0. The number of amides is 2. The Bertz CT molecular complexity index is 1580. The van der Waals surface area contributed by atoms with Gasteiger partial charge in [0.15, 0.2) is 0 Å². The molecule has 4 atom stereocenters. The van der Waals surface area contributed by atoms with Gasteiger partial charge in [0.25, 0.3) is 0 Å². The molecule has 0 unspecified atom stereocenters. The van der Waals surface area contributed by atoms with Gasteiger partial charge in [-0.3, -0.25) is 19.4 Å². The van der Waals surface area contributed by atoms with Gasteiger partial charge in [-0.2, -0.15) is 0 Å². The molecule has 0 radical (unpaired) electrons. The third kappa shape index (κ3) is 4.90. The third-order valence-electron chi connectivity index (χ3n) is 10.3. The third-order valence-corrected chi connectivity index (χ3v) is 10.3. The minimum Gasteiger partial charge on any atom is -0.507 e. The number of likely N-dealkylation sites (tertiary alicyclic amines) is 2. The van der Waals surface area contributed by atoms with Crippen molar-refractivity contribution in [2.45, 2.75) is 58.2 Å². The zero-order chi connectivity index (χ0) is 29.8. The molecular formula is C35H39BN2O5. The monoisotopic (exact) mass is 578 g/mol. The molecule has 3 fully saturated rings. The molecule has 8 heteroatoms. The van der Waals surface area contributed by atoms with Gasteiger partial charge in [-0.15, -0.1) is 0 Å². The summed E-state index contributed by atoms with van der Waals surface area (Å²) in [5.41, 5.74) is 4.00. The number of hydrogen-bond acceptors (Lipinski definition) is 6. The quantitative estimate of drug-likeness (QED) is 0.317. The Hall–Kier alpha value is -3.46. The lowest BCUT2D eigenvalue weighted by atomic mass is 9.54. The van der Waals surface area contributed by atoms with Crippen molar-refractivity contribution in [2.75, 3.05) is 13.1 Å². The Morgan fingerprint density at radius 1 is 0.907 bits per heavy atom. The summed E-state index contributed by atoms with van der Waals surface area (Å²) in [4.78, 5) is 32.3. The summed E-state index contributed by atoms with van der Waals surface area (Å²) in [7, 11) is -1.15. The SMILES string of the molecule is CC(C)C1=C2B(O)O[C@H](c3ccc(O)c4ccccc34)C[C@H]2[C@H]2C(=O)N(C3CCN(Cc4ccccc4)CC3)C(=O)[C@H]2C1. The number of piperidine rings is 1. The standard InChI is InChI=1S/C35H39BN2O5/c1-21(2)27-18-29-32(35(41)38(34(29)40)23-14-16-37(17-15-23)20-22-8-4-3-5-9-22)28-19-31(43-36(42)33(27)28)26-12-13-30(39)25-11-7-6-10-24(25)26/h3-13,21,23,28-29,31-32,39,42H,14-20H2,1-2H3/t28-,29-,31-,32+/m0/s1. The van der Waals surface area contributed by atoms with E-state index in [2.05, 4.69) is 43.0 Å². The molecule has 1 aliphatic carbocycles. The smallest absolute Gasteiger partial charge is 0.487 e. The molecular weight excluding hydrogens is 539 g/mol. The molecule has 7 rings (SSSR count). The molecule has 0 aromatic heterocycles. The van der Waals surface area contributed by atoms with E-state index in [1.807, 2.05) is 36.4 Å². The van der Waals surface area contributed by atoms with Crippen molar-refractivity contribution in [1.82, 2.24) is 9.80 Å². The Balaban J connectivity index is 1.16. The molecule has 43 heavy (non-hydrogen) atoms. The molecule has 0 saturated carbocycles. The van der Waals surface area contributed by atoms with Crippen molar-refractivity contribution in [2.24, 2.45) is 23.7 Å². The molecule has 3 saturated heterocycles. The van der Waals surface area contributed by atoms with E-state index in [1.165, 1.54) is 5.56 Å². The number of phenolic OH excluding ortho intramolecular Hbond substituents is 1. The molecule has 0 bridgehead atoms. The summed E-state index contributed by atoms with van der Waals surface area (Å²) in [5, 5.41) is 23.5. The fourth-order valence-corrected chi connectivity index (χ4v) is 8.25. The predicted molar refractivity (Wildman–Crippen MR) is 166 cm³/mol. The van der Waals surface area contributed by atoms with Gasteiger partial charge in [0.2, 0.25) is 11.8 Å². The zero-order valence-electron chi connectivity index (χ0n) is 24.9. The summed E-state index contributed by atoms with van der Waals surface area (Å²) in [6.07, 6.45) is 2.08. The fourth-order valence-electron chi connectivity index (χ4n) is 8.25. The number of nitrogens with zero attached hydrogens (tertiary/aromatic N) is 2. The van der Waals surface area contributed by atoms with Crippen molar-refractivity contribution in [1.29, 1.82) is 0 Å².